The molecule has 2 nitrogen and oxygen atoms in total. The maximum Gasteiger partial charge on any atom is 0.119 e. The number of phenols is 1. The first-order valence-electron chi connectivity index (χ1n) is 5.73. The van der Waals surface area contributed by atoms with Crippen LogP contribution in [-0.4, -0.2) is 11.7 Å². The zero-order valence-corrected chi connectivity index (χ0v) is 10.1. The van der Waals surface area contributed by atoms with E-state index in [1.807, 2.05) is 38.1 Å². The summed E-state index contributed by atoms with van der Waals surface area (Å²) in [5.41, 5.74) is 3.15. The standard InChI is InChI=1S/C15H16O2/c1-3-17-15-6-4-12(5-7-15)13-8-11(2)9-14(16)10-13/h4-10,16H,3H2,1-2H3. The molecule has 0 aliphatic heterocycles. The Kier molecular flexibility index (Phi) is 3.33. The quantitative estimate of drug-likeness (QED) is 0.866. The average Bonchev–Trinajstić information content (AvgIpc) is 2.29. The van der Waals surface area contributed by atoms with Gasteiger partial charge in [-0.15, -0.1) is 0 Å². The minimum Gasteiger partial charge on any atom is -0.508 e. The third kappa shape index (κ3) is 2.78. The summed E-state index contributed by atoms with van der Waals surface area (Å²) in [6.07, 6.45) is 0. The largest absolute Gasteiger partial charge is 0.508 e. The topological polar surface area (TPSA) is 29.5 Å². The summed E-state index contributed by atoms with van der Waals surface area (Å²) < 4.78 is 5.39. The van der Waals surface area contributed by atoms with E-state index in [0.29, 0.717) is 12.4 Å². The van der Waals surface area contributed by atoms with Gasteiger partial charge in [0.15, 0.2) is 0 Å². The smallest absolute Gasteiger partial charge is 0.119 e. The van der Waals surface area contributed by atoms with Crippen molar-refractivity contribution in [3.63, 3.8) is 0 Å². The number of ether oxygens (including phenoxy) is 1. The van der Waals surface area contributed by atoms with Crippen molar-refractivity contribution >= 4 is 0 Å². The summed E-state index contributed by atoms with van der Waals surface area (Å²) in [5.74, 6) is 1.17. The van der Waals surface area contributed by atoms with Gasteiger partial charge in [0.05, 0.1) is 6.61 Å². The van der Waals surface area contributed by atoms with Crippen LogP contribution in [0.15, 0.2) is 42.5 Å². The Morgan fingerprint density at radius 1 is 1.00 bits per heavy atom. The molecule has 0 radical (unpaired) electrons. The molecule has 0 saturated carbocycles. The molecular formula is C15H16O2. The van der Waals surface area contributed by atoms with Crippen molar-refractivity contribution in [2.45, 2.75) is 13.8 Å². The van der Waals surface area contributed by atoms with E-state index in [1.54, 1.807) is 12.1 Å². The van der Waals surface area contributed by atoms with Crippen LogP contribution in [0.4, 0.5) is 0 Å². The highest BCUT2D eigenvalue weighted by atomic mass is 16.5. The van der Waals surface area contributed by atoms with Crippen molar-refractivity contribution in [2.24, 2.45) is 0 Å². The van der Waals surface area contributed by atoms with E-state index in [2.05, 4.69) is 6.07 Å². The second-order valence-electron chi connectivity index (χ2n) is 4.01. The number of aromatic hydroxyl groups is 1. The van der Waals surface area contributed by atoms with Crippen LogP contribution in [0, 0.1) is 6.92 Å². The van der Waals surface area contributed by atoms with Crippen LogP contribution in [0.1, 0.15) is 12.5 Å². The predicted octanol–water partition coefficient (Wildman–Crippen LogP) is 3.77. The van der Waals surface area contributed by atoms with Crippen LogP contribution in [0.25, 0.3) is 11.1 Å². The number of benzene rings is 2. The maximum absolute atomic E-state index is 9.57. The first kappa shape index (κ1) is 11.5. The lowest BCUT2D eigenvalue weighted by molar-refractivity contribution is 0.340. The number of hydrogen-bond acceptors (Lipinski definition) is 2. The molecule has 0 saturated heterocycles. The zero-order valence-electron chi connectivity index (χ0n) is 10.1. The Morgan fingerprint density at radius 3 is 2.29 bits per heavy atom. The lowest BCUT2D eigenvalue weighted by atomic mass is 10.0. The van der Waals surface area contributed by atoms with Crippen molar-refractivity contribution in [1.29, 1.82) is 0 Å². The van der Waals surface area contributed by atoms with Gasteiger partial charge in [-0.05, 0) is 54.8 Å². The van der Waals surface area contributed by atoms with Crippen molar-refractivity contribution < 1.29 is 9.84 Å². The lowest BCUT2D eigenvalue weighted by Gasteiger charge is -2.06. The molecule has 0 heterocycles. The monoisotopic (exact) mass is 228 g/mol. The van der Waals surface area contributed by atoms with E-state index in [0.717, 1.165) is 22.4 Å². The third-order valence-electron chi connectivity index (χ3n) is 2.56. The SMILES string of the molecule is CCOc1ccc(-c2cc(C)cc(O)c2)cc1. The number of phenolic OH excluding ortho intramolecular Hbond substituents is 1. The van der Waals surface area contributed by atoms with Gasteiger partial charge in [-0.25, -0.2) is 0 Å². The van der Waals surface area contributed by atoms with Crippen LogP contribution in [0.2, 0.25) is 0 Å². The molecule has 0 fully saturated rings. The summed E-state index contributed by atoms with van der Waals surface area (Å²) in [6, 6.07) is 13.4. The molecule has 0 aromatic heterocycles. The van der Waals surface area contributed by atoms with E-state index in [4.69, 9.17) is 4.74 Å². The summed E-state index contributed by atoms with van der Waals surface area (Å²) in [7, 11) is 0. The summed E-state index contributed by atoms with van der Waals surface area (Å²) >= 11 is 0. The first-order chi connectivity index (χ1) is 8.19. The second kappa shape index (κ2) is 4.91. The fraction of sp³-hybridized carbons (Fsp3) is 0.200. The van der Waals surface area contributed by atoms with Gasteiger partial charge in [-0.3, -0.25) is 0 Å². The van der Waals surface area contributed by atoms with Crippen molar-refractivity contribution in [3.05, 3.63) is 48.0 Å². The third-order valence-corrected chi connectivity index (χ3v) is 2.56. The van der Waals surface area contributed by atoms with Crippen LogP contribution in [0.5, 0.6) is 11.5 Å². The average molecular weight is 228 g/mol. The highest BCUT2D eigenvalue weighted by Gasteiger charge is 2.01. The molecule has 0 atom stereocenters. The fourth-order valence-electron chi connectivity index (χ4n) is 1.84. The molecule has 0 spiro atoms. The Bertz CT molecular complexity index is 481. The van der Waals surface area contributed by atoms with E-state index < -0.39 is 0 Å². The van der Waals surface area contributed by atoms with Crippen molar-refractivity contribution in [2.75, 3.05) is 6.61 Å². The van der Waals surface area contributed by atoms with Crippen LogP contribution >= 0.6 is 0 Å². The van der Waals surface area contributed by atoms with Gasteiger partial charge in [0.1, 0.15) is 11.5 Å². The fourth-order valence-corrected chi connectivity index (χ4v) is 1.84. The Morgan fingerprint density at radius 2 is 1.71 bits per heavy atom. The van der Waals surface area contributed by atoms with Gasteiger partial charge in [0.25, 0.3) is 0 Å². The molecule has 0 bridgehead atoms. The van der Waals surface area contributed by atoms with E-state index in [9.17, 15) is 5.11 Å². The van der Waals surface area contributed by atoms with E-state index in [1.165, 1.54) is 0 Å². The minimum absolute atomic E-state index is 0.300. The molecule has 0 amide bonds. The normalized spacial score (nSPS) is 10.2. The summed E-state index contributed by atoms with van der Waals surface area (Å²) in [4.78, 5) is 0. The molecule has 2 heteroatoms. The second-order valence-corrected chi connectivity index (χ2v) is 4.01. The van der Waals surface area contributed by atoms with Gasteiger partial charge in [0, 0.05) is 0 Å². The van der Waals surface area contributed by atoms with Gasteiger partial charge < -0.3 is 9.84 Å². The molecule has 17 heavy (non-hydrogen) atoms. The molecule has 2 aromatic rings. The first-order valence-corrected chi connectivity index (χ1v) is 5.73. The van der Waals surface area contributed by atoms with Crippen LogP contribution < -0.4 is 4.74 Å². The molecular weight excluding hydrogens is 212 g/mol. The lowest BCUT2D eigenvalue weighted by Crippen LogP contribution is -1.90. The number of hydrogen-bond donors (Lipinski definition) is 1. The molecule has 0 aliphatic carbocycles. The molecule has 0 unspecified atom stereocenters. The van der Waals surface area contributed by atoms with Gasteiger partial charge in [-0.2, -0.15) is 0 Å². The Hall–Kier alpha value is -1.96. The maximum atomic E-state index is 9.57. The van der Waals surface area contributed by atoms with E-state index >= 15 is 0 Å². The van der Waals surface area contributed by atoms with Gasteiger partial charge in [-0.1, -0.05) is 18.2 Å². The zero-order chi connectivity index (χ0) is 12.3. The number of rotatable bonds is 3. The number of aryl methyl sites for hydroxylation is 1. The highest BCUT2D eigenvalue weighted by molar-refractivity contribution is 5.66. The highest BCUT2D eigenvalue weighted by Crippen LogP contribution is 2.26. The van der Waals surface area contributed by atoms with E-state index in [-0.39, 0.29) is 0 Å². The van der Waals surface area contributed by atoms with Crippen molar-refractivity contribution in [1.82, 2.24) is 0 Å². The van der Waals surface area contributed by atoms with Gasteiger partial charge in [0.2, 0.25) is 0 Å². The molecule has 88 valence electrons. The van der Waals surface area contributed by atoms with Crippen LogP contribution in [0.3, 0.4) is 0 Å². The summed E-state index contributed by atoms with van der Waals surface area (Å²) in [6.45, 7) is 4.61. The Labute approximate surface area is 101 Å². The molecule has 2 aromatic carbocycles. The minimum atomic E-state index is 0.300. The van der Waals surface area contributed by atoms with Crippen molar-refractivity contribution in [3.8, 4) is 22.6 Å². The van der Waals surface area contributed by atoms with Gasteiger partial charge >= 0.3 is 0 Å². The molecule has 0 aliphatic rings. The molecule has 2 rings (SSSR count). The predicted molar refractivity (Wildman–Crippen MR) is 69.4 cm³/mol. The Balaban J connectivity index is 2.32. The molecule has 1 N–H and O–H groups in total. The van der Waals surface area contributed by atoms with Crippen LogP contribution in [-0.2, 0) is 0 Å². The summed E-state index contributed by atoms with van der Waals surface area (Å²) in [5, 5.41) is 9.57.